The molecule has 1 aliphatic heterocycles. The first-order valence-corrected chi connectivity index (χ1v) is 18.1. The van der Waals surface area contributed by atoms with E-state index in [1.165, 1.54) is 22.5 Å². The zero-order valence-electron chi connectivity index (χ0n) is 29.8. The lowest BCUT2D eigenvalue weighted by molar-refractivity contribution is -0.122. The van der Waals surface area contributed by atoms with Crippen LogP contribution in [0.1, 0.15) is 98.5 Å². The first-order chi connectivity index (χ1) is 24.9. The van der Waals surface area contributed by atoms with E-state index in [0.717, 1.165) is 22.6 Å². The zero-order chi connectivity index (χ0) is 36.9. The number of oxazole rings is 1. The van der Waals surface area contributed by atoms with E-state index >= 15 is 0 Å². The monoisotopic (exact) mass is 722 g/mol. The second-order valence-electron chi connectivity index (χ2n) is 13.5. The van der Waals surface area contributed by atoms with Crippen molar-refractivity contribution in [3.05, 3.63) is 117 Å². The normalized spacial score (nSPS) is 18.7. The summed E-state index contributed by atoms with van der Waals surface area (Å²) in [6, 6.07) is 16.9. The Hall–Kier alpha value is -5.63. The molecule has 2 aromatic carbocycles. The number of nitrogens with zero attached hydrogens (tertiary/aromatic N) is 5. The predicted octanol–water partition coefficient (Wildman–Crippen LogP) is 5.13. The molecule has 1 aliphatic rings. The molecule has 0 saturated carbocycles. The van der Waals surface area contributed by atoms with Gasteiger partial charge in [-0.1, -0.05) is 44.2 Å². The molecule has 0 radical (unpaired) electrons. The Balaban J connectivity index is 1.36. The first kappa shape index (κ1) is 36.2. The number of carbonyl (C=O) groups is 4. The molecule has 270 valence electrons. The third kappa shape index (κ3) is 8.62. The topological polar surface area (TPSA) is 164 Å². The molecule has 6 rings (SSSR count). The third-order valence-corrected chi connectivity index (χ3v) is 9.62. The third-order valence-electron chi connectivity index (χ3n) is 8.67. The molecule has 0 spiro atoms. The van der Waals surface area contributed by atoms with Crippen LogP contribution in [0.4, 0.5) is 0 Å². The maximum absolute atomic E-state index is 14.3. The van der Waals surface area contributed by atoms with E-state index in [-0.39, 0.29) is 42.2 Å². The number of fused-ring (bicyclic) bond motifs is 4. The Morgan fingerprint density at radius 2 is 1.69 bits per heavy atom. The van der Waals surface area contributed by atoms with Crippen LogP contribution >= 0.6 is 11.3 Å². The van der Waals surface area contributed by atoms with Crippen molar-refractivity contribution in [2.75, 3.05) is 13.1 Å². The van der Waals surface area contributed by atoms with Crippen molar-refractivity contribution in [3.63, 3.8) is 0 Å². The molecule has 4 bridgehead atoms. The van der Waals surface area contributed by atoms with Gasteiger partial charge in [-0.3, -0.25) is 19.2 Å². The Labute approximate surface area is 305 Å². The summed E-state index contributed by atoms with van der Waals surface area (Å²) in [4.78, 5) is 65.4. The second kappa shape index (κ2) is 15.7. The van der Waals surface area contributed by atoms with Crippen LogP contribution in [0.25, 0.3) is 5.69 Å². The maximum atomic E-state index is 14.3. The fourth-order valence-corrected chi connectivity index (χ4v) is 7.10. The minimum Gasteiger partial charge on any atom is -0.446 e. The average molecular weight is 723 g/mol. The highest BCUT2D eigenvalue weighted by Gasteiger charge is 2.29. The maximum Gasteiger partial charge on any atom is 0.273 e. The largest absolute Gasteiger partial charge is 0.446 e. The summed E-state index contributed by atoms with van der Waals surface area (Å²) in [5.41, 5.74) is 4.17. The van der Waals surface area contributed by atoms with Gasteiger partial charge in [0.15, 0.2) is 5.69 Å². The lowest BCUT2D eigenvalue weighted by Crippen LogP contribution is -2.50. The summed E-state index contributed by atoms with van der Waals surface area (Å²) >= 11 is 1.26. The minimum absolute atomic E-state index is 0.0287. The van der Waals surface area contributed by atoms with Crippen LogP contribution < -0.4 is 16.0 Å². The molecule has 5 aromatic rings. The Kier molecular flexibility index (Phi) is 10.9. The Morgan fingerprint density at radius 1 is 0.962 bits per heavy atom. The fraction of sp³-hybridized carbons (Fsp3) is 0.342. The number of amides is 4. The number of nitrogens with one attached hydrogen (secondary N) is 3. The summed E-state index contributed by atoms with van der Waals surface area (Å²) in [7, 11) is 0. The van der Waals surface area contributed by atoms with Gasteiger partial charge >= 0.3 is 0 Å². The Bertz CT molecular complexity index is 2050. The summed E-state index contributed by atoms with van der Waals surface area (Å²) in [5, 5.41) is 15.6. The molecular formula is C38H42N8O5S. The lowest BCUT2D eigenvalue weighted by atomic mass is 10.0. The van der Waals surface area contributed by atoms with E-state index < -0.39 is 35.8 Å². The smallest absolute Gasteiger partial charge is 0.273 e. The van der Waals surface area contributed by atoms with Crippen molar-refractivity contribution in [2.24, 2.45) is 5.92 Å². The molecule has 0 fully saturated rings. The van der Waals surface area contributed by atoms with E-state index in [0.29, 0.717) is 23.4 Å². The highest BCUT2D eigenvalue weighted by atomic mass is 32.1. The van der Waals surface area contributed by atoms with Crippen LogP contribution in [0, 0.1) is 19.8 Å². The van der Waals surface area contributed by atoms with Crippen molar-refractivity contribution in [1.82, 2.24) is 40.6 Å². The van der Waals surface area contributed by atoms with Crippen LogP contribution in [-0.2, 0) is 11.2 Å². The molecule has 3 N–H and O–H groups in total. The molecule has 0 unspecified atom stereocenters. The first-order valence-electron chi connectivity index (χ1n) is 17.2. The van der Waals surface area contributed by atoms with Crippen LogP contribution in [0.15, 0.2) is 76.7 Å². The van der Waals surface area contributed by atoms with E-state index in [1.807, 2.05) is 76.2 Å². The highest BCUT2D eigenvalue weighted by Crippen LogP contribution is 2.24. The number of hydrogen-bond acceptors (Lipinski definition) is 9. The van der Waals surface area contributed by atoms with Crippen LogP contribution in [0.2, 0.25) is 0 Å². The molecular weight excluding hydrogens is 681 g/mol. The van der Waals surface area contributed by atoms with Crippen LogP contribution in [0.5, 0.6) is 0 Å². The lowest BCUT2D eigenvalue weighted by Gasteiger charge is -2.29. The van der Waals surface area contributed by atoms with Crippen LogP contribution in [0.3, 0.4) is 0 Å². The SMILES string of the molecule is Cc1cc(C)n(-c2ccc(C(=O)N3CC(=O)N[C@H](Cc4ccccc4)c4nc(cs4)C(=O)N[C@H](C)c4nc(co4)C(=O)N[C@H](CC(C)C)C3)cc2)n1. The highest BCUT2D eigenvalue weighted by molar-refractivity contribution is 7.09. The van der Waals surface area contributed by atoms with Crippen molar-refractivity contribution in [3.8, 4) is 5.69 Å². The van der Waals surface area contributed by atoms with Crippen molar-refractivity contribution < 1.29 is 23.6 Å². The standard InChI is InChI=1S/C38H42N8O5S/c1-22(2)15-28-18-45(38(50)27-11-13-29(14-12-27)46-24(4)16-23(3)44-46)19-33(47)41-30(17-26-9-7-6-8-10-26)37-43-32(21-52-37)35(49)39-25(5)36-42-31(20-51-36)34(48)40-28/h6-14,16,20-22,25,28,30H,15,17-19H2,1-5H3,(H,39,49)(H,40,48)(H,41,47)/t25-,28-,30-/m1/s1. The number of thiazole rings is 1. The fourth-order valence-electron chi connectivity index (χ4n) is 6.25. The van der Waals surface area contributed by atoms with Gasteiger partial charge in [0.25, 0.3) is 17.7 Å². The van der Waals surface area contributed by atoms with Gasteiger partial charge < -0.3 is 25.3 Å². The van der Waals surface area contributed by atoms with Crippen molar-refractivity contribution in [1.29, 1.82) is 0 Å². The molecule has 52 heavy (non-hydrogen) atoms. The van der Waals surface area contributed by atoms with Gasteiger partial charge in [-0.05, 0) is 75.4 Å². The molecule has 4 heterocycles. The predicted molar refractivity (Wildman–Crippen MR) is 195 cm³/mol. The van der Waals surface area contributed by atoms with Gasteiger partial charge in [-0.15, -0.1) is 11.3 Å². The van der Waals surface area contributed by atoms with E-state index in [4.69, 9.17) is 4.42 Å². The van der Waals surface area contributed by atoms with Crippen LogP contribution in [-0.4, -0.2) is 67.4 Å². The van der Waals surface area contributed by atoms with Crippen molar-refractivity contribution in [2.45, 2.75) is 65.6 Å². The number of carbonyl (C=O) groups excluding carboxylic acids is 4. The minimum atomic E-state index is -0.662. The summed E-state index contributed by atoms with van der Waals surface area (Å²) in [6.45, 7) is 9.37. The van der Waals surface area contributed by atoms with Crippen molar-refractivity contribution >= 4 is 35.0 Å². The molecule has 14 heteroatoms. The number of aryl methyl sites for hydroxylation is 2. The summed E-state index contributed by atoms with van der Waals surface area (Å²) in [6.07, 6.45) is 2.16. The van der Waals surface area contributed by atoms with Gasteiger partial charge in [0.2, 0.25) is 11.8 Å². The van der Waals surface area contributed by atoms with Gasteiger partial charge in [0, 0.05) is 29.2 Å². The van der Waals surface area contributed by atoms with Gasteiger partial charge in [0.05, 0.1) is 24.0 Å². The molecule has 0 aliphatic carbocycles. The number of hydrogen-bond donors (Lipinski definition) is 3. The quantitative estimate of drug-likeness (QED) is 0.217. The molecule has 3 aromatic heterocycles. The van der Waals surface area contributed by atoms with Gasteiger partial charge in [0.1, 0.15) is 23.0 Å². The summed E-state index contributed by atoms with van der Waals surface area (Å²) < 4.78 is 7.40. The number of benzene rings is 2. The second-order valence-corrected chi connectivity index (χ2v) is 14.4. The van der Waals surface area contributed by atoms with Gasteiger partial charge in [-0.25, -0.2) is 14.6 Å². The van der Waals surface area contributed by atoms with E-state index in [1.54, 1.807) is 29.1 Å². The van der Waals surface area contributed by atoms with E-state index in [2.05, 4.69) is 31.0 Å². The van der Waals surface area contributed by atoms with Gasteiger partial charge in [-0.2, -0.15) is 5.10 Å². The zero-order valence-corrected chi connectivity index (χ0v) is 30.6. The molecule has 13 nitrogen and oxygen atoms in total. The Morgan fingerprint density at radius 3 is 2.38 bits per heavy atom. The molecule has 0 saturated heterocycles. The average Bonchev–Trinajstić information content (AvgIpc) is 3.88. The number of rotatable bonds is 6. The number of aromatic nitrogens is 4. The molecule has 3 atom stereocenters. The molecule has 4 amide bonds. The van der Waals surface area contributed by atoms with E-state index in [9.17, 15) is 19.2 Å². The summed E-state index contributed by atoms with van der Waals surface area (Å²) in [5.74, 6) is -1.45.